The number of amides is 1. The number of ether oxygens (including phenoxy) is 1. The molecule has 0 saturated carbocycles. The van der Waals surface area contributed by atoms with Gasteiger partial charge in [-0.2, -0.15) is 0 Å². The van der Waals surface area contributed by atoms with Crippen LogP contribution in [0.1, 0.15) is 25.3 Å². The Morgan fingerprint density at radius 1 is 1.17 bits per heavy atom. The molecule has 0 aromatic heterocycles. The van der Waals surface area contributed by atoms with E-state index in [0.717, 1.165) is 36.5 Å². The molecule has 0 spiro atoms. The van der Waals surface area contributed by atoms with E-state index < -0.39 is 0 Å². The number of fused-ring (bicyclic) bond motifs is 1. The number of carbonyl (C=O) groups excluding carboxylic acids is 1. The molecular weight excluding hydrogens is 300 g/mol. The Labute approximate surface area is 143 Å². The molecule has 24 heavy (non-hydrogen) atoms. The Morgan fingerprint density at radius 3 is 2.83 bits per heavy atom. The summed E-state index contributed by atoms with van der Waals surface area (Å²) in [4.78, 5) is 14.5. The zero-order valence-corrected chi connectivity index (χ0v) is 14.1. The van der Waals surface area contributed by atoms with Crippen molar-refractivity contribution in [2.45, 2.75) is 26.2 Å². The second kappa shape index (κ2) is 7.86. The lowest BCUT2D eigenvalue weighted by Crippen LogP contribution is -2.36. The average molecular weight is 324 g/mol. The first kappa shape index (κ1) is 16.4. The first-order valence-corrected chi connectivity index (χ1v) is 8.63. The lowest BCUT2D eigenvalue weighted by Gasteiger charge is -2.29. The van der Waals surface area contributed by atoms with Gasteiger partial charge in [0.25, 0.3) is 0 Å². The standard InChI is InChI=1S/C20H24N2O2/c1-2-24-19-12-6-4-10-17(19)21-14-13-20(23)22-15-7-9-16-8-3-5-11-18(16)22/h3-6,8,10-12,21H,2,7,9,13-15H2,1H3. The minimum absolute atomic E-state index is 0.170. The highest BCUT2D eigenvalue weighted by Gasteiger charge is 2.21. The summed E-state index contributed by atoms with van der Waals surface area (Å²) in [5.41, 5.74) is 3.28. The van der Waals surface area contributed by atoms with E-state index in [1.165, 1.54) is 5.56 Å². The monoisotopic (exact) mass is 324 g/mol. The molecule has 0 atom stereocenters. The Bertz CT molecular complexity index is 700. The first-order valence-electron chi connectivity index (χ1n) is 8.63. The summed E-state index contributed by atoms with van der Waals surface area (Å²) in [5.74, 6) is 0.999. The van der Waals surface area contributed by atoms with Gasteiger partial charge in [0.15, 0.2) is 0 Å². The van der Waals surface area contributed by atoms with Gasteiger partial charge in [-0.3, -0.25) is 4.79 Å². The molecule has 0 fully saturated rings. The number of rotatable bonds is 6. The second-order valence-electron chi connectivity index (χ2n) is 5.88. The molecule has 1 amide bonds. The van der Waals surface area contributed by atoms with Crippen molar-refractivity contribution in [3.05, 3.63) is 54.1 Å². The summed E-state index contributed by atoms with van der Waals surface area (Å²) in [7, 11) is 0. The molecular formula is C20H24N2O2. The number of nitrogens with zero attached hydrogens (tertiary/aromatic N) is 1. The summed E-state index contributed by atoms with van der Waals surface area (Å²) in [6.45, 7) is 4.00. The Kier molecular flexibility index (Phi) is 5.36. The lowest BCUT2D eigenvalue weighted by atomic mass is 10.0. The van der Waals surface area contributed by atoms with Gasteiger partial charge in [0.05, 0.1) is 12.3 Å². The van der Waals surface area contributed by atoms with Crippen LogP contribution in [0.4, 0.5) is 11.4 Å². The molecule has 4 heteroatoms. The minimum Gasteiger partial charge on any atom is -0.492 e. The fraction of sp³-hybridized carbons (Fsp3) is 0.350. The highest BCUT2D eigenvalue weighted by Crippen LogP contribution is 2.27. The van der Waals surface area contributed by atoms with E-state index in [1.807, 2.05) is 54.3 Å². The highest BCUT2D eigenvalue weighted by atomic mass is 16.5. The van der Waals surface area contributed by atoms with E-state index in [-0.39, 0.29) is 5.91 Å². The summed E-state index contributed by atoms with van der Waals surface area (Å²) in [6.07, 6.45) is 2.55. The van der Waals surface area contributed by atoms with Crippen LogP contribution in [0.5, 0.6) is 5.75 Å². The first-order chi connectivity index (χ1) is 11.8. The van der Waals surface area contributed by atoms with E-state index in [0.29, 0.717) is 19.6 Å². The van der Waals surface area contributed by atoms with Crippen molar-refractivity contribution in [1.29, 1.82) is 0 Å². The van der Waals surface area contributed by atoms with E-state index in [9.17, 15) is 4.79 Å². The van der Waals surface area contributed by atoms with Crippen LogP contribution in [0.15, 0.2) is 48.5 Å². The number of anilines is 2. The van der Waals surface area contributed by atoms with Gasteiger partial charge in [-0.15, -0.1) is 0 Å². The molecule has 1 aliphatic heterocycles. The molecule has 1 N–H and O–H groups in total. The third-order valence-corrected chi connectivity index (χ3v) is 4.25. The molecule has 0 aliphatic carbocycles. The van der Waals surface area contributed by atoms with Crippen LogP contribution in [0, 0.1) is 0 Å². The molecule has 4 nitrogen and oxygen atoms in total. The van der Waals surface area contributed by atoms with Crippen molar-refractivity contribution in [3.8, 4) is 5.75 Å². The fourth-order valence-electron chi connectivity index (χ4n) is 3.13. The van der Waals surface area contributed by atoms with Crippen LogP contribution in [-0.2, 0) is 11.2 Å². The maximum Gasteiger partial charge on any atom is 0.228 e. The second-order valence-corrected chi connectivity index (χ2v) is 5.88. The van der Waals surface area contributed by atoms with Gasteiger partial charge in [0, 0.05) is 25.2 Å². The van der Waals surface area contributed by atoms with Crippen LogP contribution in [0.3, 0.4) is 0 Å². The van der Waals surface area contributed by atoms with E-state index in [1.54, 1.807) is 0 Å². The molecule has 0 radical (unpaired) electrons. The van der Waals surface area contributed by atoms with Crippen LogP contribution < -0.4 is 15.0 Å². The van der Waals surface area contributed by atoms with Gasteiger partial charge in [-0.25, -0.2) is 0 Å². The van der Waals surface area contributed by atoms with E-state index in [2.05, 4.69) is 11.4 Å². The quantitative estimate of drug-likeness (QED) is 0.877. The van der Waals surface area contributed by atoms with Gasteiger partial charge in [0.1, 0.15) is 5.75 Å². The third kappa shape index (κ3) is 3.70. The number of benzene rings is 2. The fourth-order valence-corrected chi connectivity index (χ4v) is 3.13. The number of hydrogen-bond acceptors (Lipinski definition) is 3. The van der Waals surface area contributed by atoms with Crippen molar-refractivity contribution in [1.82, 2.24) is 0 Å². The molecule has 1 aliphatic rings. The summed E-state index contributed by atoms with van der Waals surface area (Å²) in [5, 5.41) is 3.32. The normalized spacial score (nSPS) is 13.3. The van der Waals surface area contributed by atoms with Gasteiger partial charge in [0.2, 0.25) is 5.91 Å². The van der Waals surface area contributed by atoms with E-state index in [4.69, 9.17) is 4.74 Å². The summed E-state index contributed by atoms with van der Waals surface area (Å²) in [6, 6.07) is 16.0. The van der Waals surface area contributed by atoms with Crippen LogP contribution in [0.25, 0.3) is 0 Å². The smallest absolute Gasteiger partial charge is 0.228 e. The maximum atomic E-state index is 12.6. The Morgan fingerprint density at radius 2 is 1.96 bits per heavy atom. The van der Waals surface area contributed by atoms with Gasteiger partial charge >= 0.3 is 0 Å². The molecule has 0 unspecified atom stereocenters. The zero-order valence-electron chi connectivity index (χ0n) is 14.1. The number of carbonyl (C=O) groups is 1. The minimum atomic E-state index is 0.170. The summed E-state index contributed by atoms with van der Waals surface area (Å²) >= 11 is 0. The van der Waals surface area contributed by atoms with Crippen molar-refractivity contribution < 1.29 is 9.53 Å². The highest BCUT2D eigenvalue weighted by molar-refractivity contribution is 5.94. The topological polar surface area (TPSA) is 41.6 Å². The SMILES string of the molecule is CCOc1ccccc1NCCC(=O)N1CCCc2ccccc21. The molecule has 2 aromatic rings. The van der Waals surface area contributed by atoms with Crippen molar-refractivity contribution in [2.24, 2.45) is 0 Å². The predicted molar refractivity (Wildman–Crippen MR) is 97.8 cm³/mol. The summed E-state index contributed by atoms with van der Waals surface area (Å²) < 4.78 is 5.60. The van der Waals surface area contributed by atoms with Gasteiger partial charge < -0.3 is 15.0 Å². The average Bonchev–Trinajstić information content (AvgIpc) is 2.63. The number of para-hydroxylation sites is 3. The van der Waals surface area contributed by atoms with Gasteiger partial charge in [-0.1, -0.05) is 30.3 Å². The Hall–Kier alpha value is -2.49. The lowest BCUT2D eigenvalue weighted by molar-refractivity contribution is -0.118. The van der Waals surface area contributed by atoms with Crippen LogP contribution in [0.2, 0.25) is 0 Å². The molecule has 1 heterocycles. The van der Waals surface area contributed by atoms with Gasteiger partial charge in [-0.05, 0) is 43.5 Å². The van der Waals surface area contributed by atoms with E-state index >= 15 is 0 Å². The Balaban J connectivity index is 1.59. The largest absolute Gasteiger partial charge is 0.492 e. The predicted octanol–water partition coefficient (Wildman–Crippen LogP) is 3.87. The zero-order chi connectivity index (χ0) is 16.8. The third-order valence-electron chi connectivity index (χ3n) is 4.25. The number of nitrogens with one attached hydrogen (secondary N) is 1. The molecule has 0 bridgehead atoms. The molecule has 2 aromatic carbocycles. The molecule has 0 saturated heterocycles. The van der Waals surface area contributed by atoms with Crippen molar-refractivity contribution in [3.63, 3.8) is 0 Å². The van der Waals surface area contributed by atoms with Crippen molar-refractivity contribution >= 4 is 17.3 Å². The van der Waals surface area contributed by atoms with Crippen LogP contribution in [-0.4, -0.2) is 25.6 Å². The molecule has 126 valence electrons. The number of hydrogen-bond donors (Lipinski definition) is 1. The maximum absolute atomic E-state index is 12.6. The number of aryl methyl sites for hydroxylation is 1. The molecule has 3 rings (SSSR count). The van der Waals surface area contributed by atoms with Crippen molar-refractivity contribution in [2.75, 3.05) is 29.9 Å². The van der Waals surface area contributed by atoms with Crippen LogP contribution >= 0.6 is 0 Å².